The molecule has 8 nitrogen and oxygen atoms in total. The molecule has 0 saturated carbocycles. The Labute approximate surface area is 283 Å². The molecule has 0 fully saturated rings. The maximum absolute atomic E-state index is 13.3. The van der Waals surface area contributed by atoms with Gasteiger partial charge in [-0.25, -0.2) is 9.59 Å². The first kappa shape index (κ1) is 36.5. The number of carbonyl (C=O) groups is 2. The van der Waals surface area contributed by atoms with E-state index < -0.39 is 30.3 Å². The normalized spacial score (nSPS) is 14.3. The van der Waals surface area contributed by atoms with E-state index in [-0.39, 0.29) is 38.3 Å². The smallest absolute Gasteiger partial charge is 0.338 e. The second-order valence-corrected chi connectivity index (χ2v) is 11.7. The fraction of sp³-hybridized carbons (Fsp3) is 0.350. The summed E-state index contributed by atoms with van der Waals surface area (Å²) in [4.78, 5) is 26.0. The van der Waals surface area contributed by atoms with Crippen molar-refractivity contribution in [1.29, 1.82) is 0 Å². The molecule has 0 unspecified atom stereocenters. The summed E-state index contributed by atoms with van der Waals surface area (Å²) in [6.07, 6.45) is -0.961. The van der Waals surface area contributed by atoms with E-state index in [4.69, 9.17) is 23.7 Å². The van der Waals surface area contributed by atoms with Gasteiger partial charge in [-0.05, 0) is 41.8 Å². The number of benzene rings is 4. The summed E-state index contributed by atoms with van der Waals surface area (Å²) < 4.78 is 30.4. The van der Waals surface area contributed by atoms with Crippen molar-refractivity contribution in [2.75, 3.05) is 20.0 Å². The van der Waals surface area contributed by atoms with E-state index in [9.17, 15) is 14.7 Å². The van der Waals surface area contributed by atoms with E-state index >= 15 is 0 Å². The summed E-state index contributed by atoms with van der Waals surface area (Å²) in [5.74, 6) is -1.54. The molecule has 4 aromatic carbocycles. The van der Waals surface area contributed by atoms with Gasteiger partial charge >= 0.3 is 11.9 Å². The first-order chi connectivity index (χ1) is 23.5. The molecular formula is C40H46O8. The maximum Gasteiger partial charge on any atom is 0.338 e. The summed E-state index contributed by atoms with van der Waals surface area (Å²) in [7, 11) is 0. The highest BCUT2D eigenvalue weighted by atomic mass is 16.7. The highest BCUT2D eigenvalue weighted by Crippen LogP contribution is 2.30. The summed E-state index contributed by atoms with van der Waals surface area (Å²) in [6.45, 7) is 4.67. The molecule has 0 bridgehead atoms. The van der Waals surface area contributed by atoms with Gasteiger partial charge < -0.3 is 28.8 Å². The number of rotatable bonds is 20. The average Bonchev–Trinajstić information content (AvgIpc) is 3.13. The zero-order chi connectivity index (χ0) is 34.0. The van der Waals surface area contributed by atoms with Crippen LogP contribution in [-0.2, 0) is 36.9 Å². The standard InChI is InChI=1S/C40H46O8/c1-30(36(23-25-41)47-29-44-27-32-15-7-3-8-16-32)38(46-28-33-17-9-4-10-18-33)31(2)37(48-40(43)35-21-13-6-14-22-35)24-26-45-39(42)34-19-11-5-12-20-34/h3-22,30-31,36-38,41H,23-29H2,1-2H3/t30-,31-,36+,37-,38-/m1/s1. The third-order valence-corrected chi connectivity index (χ3v) is 8.30. The Balaban J connectivity index is 1.52. The Hall–Kier alpha value is -4.34. The SMILES string of the molecule is C[C@@H]([C@@H](OCc1ccccc1)[C@H](C)[C@@H](CCOC(=O)c1ccccc1)OC(=O)c1ccccc1)[C@H](CCO)OCOCc1ccccc1. The van der Waals surface area contributed by atoms with Gasteiger partial charge in [0.1, 0.15) is 12.9 Å². The second kappa shape index (κ2) is 20.1. The van der Waals surface area contributed by atoms with Crippen molar-refractivity contribution in [1.82, 2.24) is 0 Å². The third-order valence-electron chi connectivity index (χ3n) is 8.30. The number of ether oxygens (including phenoxy) is 5. The highest BCUT2D eigenvalue weighted by Gasteiger charge is 2.37. The first-order valence-corrected chi connectivity index (χ1v) is 16.4. The number of aliphatic hydroxyl groups is 1. The van der Waals surface area contributed by atoms with Crippen LogP contribution in [0.3, 0.4) is 0 Å². The Kier molecular flexibility index (Phi) is 15.3. The van der Waals surface area contributed by atoms with Crippen LogP contribution in [0.4, 0.5) is 0 Å². The van der Waals surface area contributed by atoms with Crippen LogP contribution < -0.4 is 0 Å². The highest BCUT2D eigenvalue weighted by molar-refractivity contribution is 5.89. The molecule has 0 amide bonds. The largest absolute Gasteiger partial charge is 0.462 e. The minimum atomic E-state index is -0.673. The van der Waals surface area contributed by atoms with Gasteiger partial charge in [-0.15, -0.1) is 0 Å². The van der Waals surface area contributed by atoms with E-state index in [0.717, 1.165) is 11.1 Å². The molecule has 254 valence electrons. The van der Waals surface area contributed by atoms with E-state index in [1.165, 1.54) is 0 Å². The summed E-state index contributed by atoms with van der Waals surface area (Å²) in [5, 5.41) is 9.99. The fourth-order valence-corrected chi connectivity index (χ4v) is 5.60. The van der Waals surface area contributed by atoms with Gasteiger partial charge in [0.15, 0.2) is 0 Å². The Morgan fingerprint density at radius 3 is 1.67 bits per heavy atom. The molecule has 8 heteroatoms. The summed E-state index contributed by atoms with van der Waals surface area (Å²) in [6, 6.07) is 37.2. The van der Waals surface area contributed by atoms with Crippen molar-refractivity contribution in [3.05, 3.63) is 144 Å². The molecule has 5 atom stereocenters. The topological polar surface area (TPSA) is 101 Å². The minimum Gasteiger partial charge on any atom is -0.462 e. The first-order valence-electron chi connectivity index (χ1n) is 16.4. The monoisotopic (exact) mass is 654 g/mol. The van der Waals surface area contributed by atoms with Crippen molar-refractivity contribution in [3.8, 4) is 0 Å². The number of hydrogen-bond donors (Lipinski definition) is 1. The lowest BCUT2D eigenvalue weighted by atomic mass is 9.84. The summed E-state index contributed by atoms with van der Waals surface area (Å²) >= 11 is 0. The second-order valence-electron chi connectivity index (χ2n) is 11.7. The van der Waals surface area contributed by atoms with Gasteiger partial charge in [-0.2, -0.15) is 0 Å². The van der Waals surface area contributed by atoms with Crippen molar-refractivity contribution < 1.29 is 38.4 Å². The molecule has 48 heavy (non-hydrogen) atoms. The molecule has 0 heterocycles. The predicted octanol–water partition coefficient (Wildman–Crippen LogP) is 7.26. The van der Waals surface area contributed by atoms with E-state index in [0.29, 0.717) is 30.8 Å². The number of carbonyl (C=O) groups excluding carboxylic acids is 2. The van der Waals surface area contributed by atoms with Gasteiger partial charge in [-0.3, -0.25) is 0 Å². The van der Waals surface area contributed by atoms with Gasteiger partial charge in [0.2, 0.25) is 0 Å². The van der Waals surface area contributed by atoms with Gasteiger partial charge in [0, 0.05) is 24.9 Å². The predicted molar refractivity (Wildman–Crippen MR) is 183 cm³/mol. The number of aliphatic hydroxyl groups excluding tert-OH is 1. The quantitative estimate of drug-likeness (QED) is 0.0604. The van der Waals surface area contributed by atoms with Crippen molar-refractivity contribution in [2.24, 2.45) is 11.8 Å². The molecule has 0 aliphatic rings. The molecule has 0 aromatic heterocycles. The molecule has 0 saturated heterocycles. The molecular weight excluding hydrogens is 608 g/mol. The lowest BCUT2D eigenvalue weighted by Gasteiger charge is -2.37. The fourth-order valence-electron chi connectivity index (χ4n) is 5.60. The summed E-state index contributed by atoms with van der Waals surface area (Å²) in [5.41, 5.74) is 2.88. The Bertz CT molecular complexity index is 1470. The molecule has 4 rings (SSSR count). The molecule has 0 aliphatic carbocycles. The zero-order valence-corrected chi connectivity index (χ0v) is 27.7. The zero-order valence-electron chi connectivity index (χ0n) is 27.7. The molecule has 0 radical (unpaired) electrons. The van der Waals surface area contributed by atoms with Crippen LogP contribution in [0.5, 0.6) is 0 Å². The van der Waals surface area contributed by atoms with Crippen LogP contribution in [0.15, 0.2) is 121 Å². The number of hydrogen-bond acceptors (Lipinski definition) is 8. The van der Waals surface area contributed by atoms with E-state index in [2.05, 4.69) is 0 Å². The maximum atomic E-state index is 13.3. The van der Waals surface area contributed by atoms with Gasteiger partial charge in [0.05, 0.1) is 43.2 Å². The van der Waals surface area contributed by atoms with Crippen molar-refractivity contribution in [2.45, 2.75) is 58.2 Å². The van der Waals surface area contributed by atoms with E-state index in [1.54, 1.807) is 48.5 Å². The number of esters is 2. The Morgan fingerprint density at radius 1 is 0.604 bits per heavy atom. The van der Waals surface area contributed by atoms with Crippen LogP contribution >= 0.6 is 0 Å². The van der Waals surface area contributed by atoms with Crippen LogP contribution in [0.25, 0.3) is 0 Å². The molecule has 4 aromatic rings. The Morgan fingerprint density at radius 2 is 1.10 bits per heavy atom. The lowest BCUT2D eigenvalue weighted by molar-refractivity contribution is -0.151. The molecule has 0 spiro atoms. The van der Waals surface area contributed by atoms with Crippen molar-refractivity contribution in [3.63, 3.8) is 0 Å². The van der Waals surface area contributed by atoms with Gasteiger partial charge in [-0.1, -0.05) is 111 Å². The van der Waals surface area contributed by atoms with Crippen LogP contribution in [0.1, 0.15) is 58.5 Å². The van der Waals surface area contributed by atoms with Crippen LogP contribution in [0, 0.1) is 11.8 Å². The van der Waals surface area contributed by atoms with E-state index in [1.807, 2.05) is 86.6 Å². The van der Waals surface area contributed by atoms with Crippen molar-refractivity contribution >= 4 is 11.9 Å². The lowest BCUT2D eigenvalue weighted by Crippen LogP contribution is -2.44. The third kappa shape index (κ3) is 11.7. The van der Waals surface area contributed by atoms with Gasteiger partial charge in [0.25, 0.3) is 0 Å². The molecule has 0 aliphatic heterocycles. The molecule has 1 N–H and O–H groups in total. The van der Waals surface area contributed by atoms with Crippen LogP contribution in [-0.4, -0.2) is 55.4 Å². The minimum absolute atomic E-state index is 0.0333. The van der Waals surface area contributed by atoms with Crippen LogP contribution in [0.2, 0.25) is 0 Å². The average molecular weight is 655 g/mol.